The first-order valence-corrected chi connectivity index (χ1v) is 8.17. The molecule has 1 N–H and O–H groups in total. The fourth-order valence-electron chi connectivity index (χ4n) is 2.94. The zero-order chi connectivity index (χ0) is 14.8. The lowest BCUT2D eigenvalue weighted by Crippen LogP contribution is -2.44. The van der Waals surface area contributed by atoms with Crippen molar-refractivity contribution in [1.29, 1.82) is 0 Å². The van der Waals surface area contributed by atoms with Crippen LogP contribution >= 0.6 is 11.8 Å². The van der Waals surface area contributed by atoms with Crippen LogP contribution in [0.25, 0.3) is 0 Å². The van der Waals surface area contributed by atoms with E-state index in [0.29, 0.717) is 10.7 Å². The number of amidine groups is 1. The lowest BCUT2D eigenvalue weighted by Gasteiger charge is -2.34. The first-order valence-electron chi connectivity index (χ1n) is 7.29. The molecule has 0 fully saturated rings. The van der Waals surface area contributed by atoms with Crippen molar-refractivity contribution in [3.63, 3.8) is 0 Å². The van der Waals surface area contributed by atoms with E-state index in [1.165, 1.54) is 5.56 Å². The Labute approximate surface area is 127 Å². The van der Waals surface area contributed by atoms with E-state index in [1.54, 1.807) is 0 Å². The standard InChI is InChI=1S/C17H26N2S/c1-16(2,3)12-17(4,5)19-15-18-11-14(20-15)13-9-7-6-8-10-13/h6-10,14H,11-12H2,1-5H3,(H,18,19). The summed E-state index contributed by atoms with van der Waals surface area (Å²) in [5, 5.41) is 5.18. The van der Waals surface area contributed by atoms with Gasteiger partial charge in [-0.1, -0.05) is 62.9 Å². The maximum Gasteiger partial charge on any atom is 0.157 e. The van der Waals surface area contributed by atoms with Gasteiger partial charge in [-0.05, 0) is 31.2 Å². The second kappa shape index (κ2) is 5.80. The molecule has 3 heteroatoms. The largest absolute Gasteiger partial charge is 0.360 e. The minimum absolute atomic E-state index is 0.0790. The lowest BCUT2D eigenvalue weighted by molar-refractivity contribution is 0.268. The molecule has 1 aliphatic rings. The van der Waals surface area contributed by atoms with E-state index in [1.807, 2.05) is 11.8 Å². The second-order valence-corrected chi connectivity index (χ2v) is 8.60. The molecule has 0 aromatic heterocycles. The molecule has 0 aliphatic carbocycles. The number of rotatable bonds is 3. The van der Waals surface area contributed by atoms with E-state index < -0.39 is 0 Å². The van der Waals surface area contributed by atoms with E-state index in [2.05, 4.69) is 75.3 Å². The summed E-state index contributed by atoms with van der Waals surface area (Å²) in [6, 6.07) is 10.7. The zero-order valence-corrected chi connectivity index (χ0v) is 14.1. The minimum atomic E-state index is 0.0790. The smallest absolute Gasteiger partial charge is 0.157 e. The Hall–Kier alpha value is -0.960. The Balaban J connectivity index is 1.93. The topological polar surface area (TPSA) is 24.4 Å². The molecule has 1 aromatic rings. The average molecular weight is 290 g/mol. The molecule has 0 amide bonds. The van der Waals surface area contributed by atoms with Crippen LogP contribution in [0, 0.1) is 5.41 Å². The third-order valence-corrected chi connectivity index (χ3v) is 4.40. The fraction of sp³-hybridized carbons (Fsp3) is 0.588. The van der Waals surface area contributed by atoms with Gasteiger partial charge in [0.25, 0.3) is 0 Å². The Morgan fingerprint density at radius 1 is 1.15 bits per heavy atom. The van der Waals surface area contributed by atoms with Crippen LogP contribution < -0.4 is 5.32 Å². The highest BCUT2D eigenvalue weighted by Crippen LogP contribution is 2.36. The van der Waals surface area contributed by atoms with E-state index in [9.17, 15) is 0 Å². The highest BCUT2D eigenvalue weighted by Gasteiger charge is 2.29. The number of thioether (sulfide) groups is 1. The van der Waals surface area contributed by atoms with Crippen LogP contribution in [0.1, 0.15) is 51.9 Å². The van der Waals surface area contributed by atoms with Crippen molar-refractivity contribution in [2.45, 2.75) is 51.8 Å². The molecule has 0 saturated carbocycles. The van der Waals surface area contributed by atoms with Crippen molar-refractivity contribution in [3.05, 3.63) is 35.9 Å². The van der Waals surface area contributed by atoms with Gasteiger partial charge in [-0.25, -0.2) is 0 Å². The maximum absolute atomic E-state index is 4.68. The SMILES string of the molecule is CC(C)(C)CC(C)(C)NC1=NCC(c2ccccc2)S1. The summed E-state index contributed by atoms with van der Waals surface area (Å²) in [4.78, 5) is 4.68. The van der Waals surface area contributed by atoms with Crippen molar-refractivity contribution >= 4 is 16.9 Å². The summed E-state index contributed by atoms with van der Waals surface area (Å²) in [5.74, 6) is 0. The fourth-order valence-corrected chi connectivity index (χ4v) is 4.14. The molecule has 1 heterocycles. The Bertz CT molecular complexity index is 472. The summed E-state index contributed by atoms with van der Waals surface area (Å²) in [7, 11) is 0. The third-order valence-electron chi connectivity index (χ3n) is 3.24. The molecule has 1 unspecified atom stereocenters. The van der Waals surface area contributed by atoms with Gasteiger partial charge in [0.2, 0.25) is 0 Å². The van der Waals surface area contributed by atoms with Crippen molar-refractivity contribution in [1.82, 2.24) is 5.32 Å². The van der Waals surface area contributed by atoms with E-state index in [4.69, 9.17) is 0 Å². The minimum Gasteiger partial charge on any atom is -0.360 e. The highest BCUT2D eigenvalue weighted by molar-refractivity contribution is 8.14. The number of aliphatic imine (C=N–C) groups is 1. The monoisotopic (exact) mass is 290 g/mol. The molecule has 1 atom stereocenters. The van der Waals surface area contributed by atoms with Gasteiger partial charge in [-0.15, -0.1) is 0 Å². The molecule has 0 spiro atoms. The summed E-state index contributed by atoms with van der Waals surface area (Å²) < 4.78 is 0. The predicted molar refractivity (Wildman–Crippen MR) is 90.4 cm³/mol. The number of hydrogen-bond donors (Lipinski definition) is 1. The quantitative estimate of drug-likeness (QED) is 0.877. The zero-order valence-electron chi connectivity index (χ0n) is 13.2. The molecule has 0 saturated heterocycles. The number of benzene rings is 1. The maximum atomic E-state index is 4.68. The van der Waals surface area contributed by atoms with Gasteiger partial charge >= 0.3 is 0 Å². The molecule has 2 rings (SSSR count). The summed E-state index contributed by atoms with van der Waals surface area (Å²) in [6.07, 6.45) is 1.12. The summed E-state index contributed by atoms with van der Waals surface area (Å²) in [6.45, 7) is 12.3. The number of nitrogens with one attached hydrogen (secondary N) is 1. The summed E-state index contributed by atoms with van der Waals surface area (Å²) >= 11 is 1.86. The first-order chi connectivity index (χ1) is 9.25. The van der Waals surface area contributed by atoms with Gasteiger partial charge in [-0.3, -0.25) is 4.99 Å². The van der Waals surface area contributed by atoms with Crippen LogP contribution in [0.2, 0.25) is 0 Å². The van der Waals surface area contributed by atoms with Crippen molar-refractivity contribution in [2.75, 3.05) is 6.54 Å². The first kappa shape index (κ1) is 15.4. The van der Waals surface area contributed by atoms with Crippen LogP contribution in [0.5, 0.6) is 0 Å². The molecular weight excluding hydrogens is 264 g/mol. The van der Waals surface area contributed by atoms with Gasteiger partial charge in [0.05, 0.1) is 11.8 Å². The van der Waals surface area contributed by atoms with Gasteiger partial charge in [0, 0.05) is 5.54 Å². The molecule has 0 bridgehead atoms. The molecule has 1 aromatic carbocycles. The lowest BCUT2D eigenvalue weighted by atomic mass is 9.82. The Kier molecular flexibility index (Phi) is 4.48. The van der Waals surface area contributed by atoms with Gasteiger partial charge < -0.3 is 5.32 Å². The van der Waals surface area contributed by atoms with Gasteiger partial charge in [-0.2, -0.15) is 0 Å². The molecule has 110 valence electrons. The average Bonchev–Trinajstić information content (AvgIpc) is 2.74. The highest BCUT2D eigenvalue weighted by atomic mass is 32.2. The van der Waals surface area contributed by atoms with Crippen LogP contribution in [0.4, 0.5) is 0 Å². The molecule has 1 aliphatic heterocycles. The van der Waals surface area contributed by atoms with E-state index >= 15 is 0 Å². The Morgan fingerprint density at radius 3 is 2.40 bits per heavy atom. The third kappa shape index (κ3) is 4.55. The van der Waals surface area contributed by atoms with Crippen LogP contribution in [0.15, 0.2) is 35.3 Å². The molecule has 20 heavy (non-hydrogen) atoms. The second-order valence-electron chi connectivity index (χ2n) is 7.41. The predicted octanol–water partition coefficient (Wildman–Crippen LogP) is 4.63. The summed E-state index contributed by atoms with van der Waals surface area (Å²) in [5.41, 5.74) is 1.76. The van der Waals surface area contributed by atoms with Gasteiger partial charge in [0.15, 0.2) is 5.17 Å². The number of hydrogen-bond acceptors (Lipinski definition) is 3. The Morgan fingerprint density at radius 2 is 1.80 bits per heavy atom. The van der Waals surface area contributed by atoms with Crippen LogP contribution in [0.3, 0.4) is 0 Å². The van der Waals surface area contributed by atoms with Crippen molar-refractivity contribution in [3.8, 4) is 0 Å². The van der Waals surface area contributed by atoms with Crippen LogP contribution in [-0.2, 0) is 0 Å². The molecule has 2 nitrogen and oxygen atoms in total. The molecule has 0 radical (unpaired) electrons. The number of nitrogens with zero attached hydrogens (tertiary/aromatic N) is 1. The molecular formula is C17H26N2S. The van der Waals surface area contributed by atoms with Crippen LogP contribution in [-0.4, -0.2) is 17.3 Å². The van der Waals surface area contributed by atoms with Crippen molar-refractivity contribution in [2.24, 2.45) is 10.4 Å². The normalized spacial score (nSPS) is 19.9. The van der Waals surface area contributed by atoms with E-state index in [-0.39, 0.29) is 5.54 Å². The van der Waals surface area contributed by atoms with Gasteiger partial charge in [0.1, 0.15) is 0 Å². The van der Waals surface area contributed by atoms with Crippen molar-refractivity contribution < 1.29 is 0 Å². The van der Waals surface area contributed by atoms with E-state index in [0.717, 1.165) is 18.1 Å².